The van der Waals surface area contributed by atoms with Gasteiger partial charge in [-0.3, -0.25) is 0 Å². The van der Waals surface area contributed by atoms with Gasteiger partial charge in [0.05, 0.1) is 4.90 Å². The summed E-state index contributed by atoms with van der Waals surface area (Å²) in [7, 11) is -3.41. The Hall–Kier alpha value is -0.910. The lowest BCUT2D eigenvalue weighted by atomic mass is 10.2. The molecule has 0 saturated carbocycles. The van der Waals surface area contributed by atoms with Crippen molar-refractivity contribution in [2.45, 2.75) is 31.6 Å². The highest BCUT2D eigenvalue weighted by Crippen LogP contribution is 2.19. The van der Waals surface area contributed by atoms with E-state index in [0.29, 0.717) is 24.5 Å². The molecule has 0 aliphatic carbocycles. The predicted octanol–water partition coefficient (Wildman–Crippen LogP) is 1.74. The van der Waals surface area contributed by atoms with E-state index in [4.69, 9.17) is 5.73 Å². The van der Waals surface area contributed by atoms with E-state index in [1.807, 2.05) is 26.0 Å². The van der Waals surface area contributed by atoms with Gasteiger partial charge in [-0.25, -0.2) is 8.42 Å². The molecule has 18 heavy (non-hydrogen) atoms. The van der Waals surface area contributed by atoms with Crippen LogP contribution in [0.25, 0.3) is 0 Å². The van der Waals surface area contributed by atoms with E-state index in [1.165, 1.54) is 4.31 Å². The number of rotatable bonds is 7. The highest BCUT2D eigenvalue weighted by molar-refractivity contribution is 7.89. The van der Waals surface area contributed by atoms with Crippen molar-refractivity contribution in [1.29, 1.82) is 0 Å². The molecule has 0 spiro atoms. The molecule has 0 heterocycles. The molecule has 1 rings (SSSR count). The Morgan fingerprint density at radius 3 is 2.44 bits per heavy atom. The molecular weight excluding hydrogens is 248 g/mol. The molecule has 2 N–H and O–H groups in total. The van der Waals surface area contributed by atoms with Crippen molar-refractivity contribution in [2.24, 2.45) is 5.73 Å². The van der Waals surface area contributed by atoms with E-state index in [0.717, 1.165) is 18.4 Å². The van der Waals surface area contributed by atoms with E-state index in [1.54, 1.807) is 12.1 Å². The first-order valence-electron chi connectivity index (χ1n) is 6.30. The minimum atomic E-state index is -3.41. The maximum Gasteiger partial charge on any atom is 0.243 e. The average molecular weight is 270 g/mol. The first-order valence-corrected chi connectivity index (χ1v) is 7.74. The SMILES string of the molecule is CCCCN(CCN)S(=O)(=O)c1ccccc1C. The number of nitrogens with two attached hydrogens (primary N) is 1. The van der Waals surface area contributed by atoms with E-state index >= 15 is 0 Å². The van der Waals surface area contributed by atoms with Crippen LogP contribution in [0.1, 0.15) is 25.3 Å². The third-order valence-electron chi connectivity index (χ3n) is 2.85. The molecule has 5 heteroatoms. The molecule has 1 aromatic rings. The average Bonchev–Trinajstić information content (AvgIpc) is 2.34. The van der Waals surface area contributed by atoms with Gasteiger partial charge in [0.2, 0.25) is 10.0 Å². The smallest absolute Gasteiger partial charge is 0.243 e. The maximum absolute atomic E-state index is 12.5. The van der Waals surface area contributed by atoms with Crippen LogP contribution in [-0.4, -0.2) is 32.4 Å². The van der Waals surface area contributed by atoms with Gasteiger partial charge in [0.25, 0.3) is 0 Å². The Labute approximate surface area is 110 Å². The Kier molecular flexibility index (Phi) is 5.78. The summed E-state index contributed by atoms with van der Waals surface area (Å²) >= 11 is 0. The van der Waals surface area contributed by atoms with Crippen molar-refractivity contribution in [3.05, 3.63) is 29.8 Å². The number of nitrogens with zero attached hydrogens (tertiary/aromatic N) is 1. The summed E-state index contributed by atoms with van der Waals surface area (Å²) in [4.78, 5) is 0.384. The van der Waals surface area contributed by atoms with Crippen molar-refractivity contribution < 1.29 is 8.42 Å². The van der Waals surface area contributed by atoms with Crippen LogP contribution in [0.5, 0.6) is 0 Å². The van der Waals surface area contributed by atoms with Gasteiger partial charge < -0.3 is 5.73 Å². The lowest BCUT2D eigenvalue weighted by molar-refractivity contribution is 0.410. The summed E-state index contributed by atoms with van der Waals surface area (Å²) in [6, 6.07) is 7.06. The lowest BCUT2D eigenvalue weighted by Gasteiger charge is -2.22. The second kappa shape index (κ2) is 6.87. The van der Waals surface area contributed by atoms with Crippen LogP contribution in [0.2, 0.25) is 0 Å². The van der Waals surface area contributed by atoms with E-state index in [9.17, 15) is 8.42 Å². The third kappa shape index (κ3) is 3.54. The van der Waals surface area contributed by atoms with E-state index in [-0.39, 0.29) is 0 Å². The molecule has 0 aliphatic heterocycles. The summed E-state index contributed by atoms with van der Waals surface area (Å²) in [6.45, 7) is 5.10. The summed E-state index contributed by atoms with van der Waals surface area (Å²) in [5.74, 6) is 0. The Balaban J connectivity index is 3.05. The van der Waals surface area contributed by atoms with Crippen LogP contribution in [0, 0.1) is 6.92 Å². The second-order valence-corrected chi connectivity index (χ2v) is 6.22. The highest BCUT2D eigenvalue weighted by Gasteiger charge is 2.24. The first kappa shape index (κ1) is 15.1. The fourth-order valence-electron chi connectivity index (χ4n) is 1.82. The van der Waals surface area contributed by atoms with Crippen molar-refractivity contribution in [3.8, 4) is 0 Å². The molecule has 0 radical (unpaired) electrons. The van der Waals surface area contributed by atoms with Crippen LogP contribution < -0.4 is 5.73 Å². The zero-order valence-corrected chi connectivity index (χ0v) is 11.9. The molecule has 0 aromatic heterocycles. The summed E-state index contributed by atoms with van der Waals surface area (Å²) in [6.07, 6.45) is 1.81. The molecule has 0 unspecified atom stereocenters. The number of unbranched alkanes of at least 4 members (excludes halogenated alkanes) is 1. The van der Waals surface area contributed by atoms with Gasteiger partial charge in [0, 0.05) is 19.6 Å². The molecule has 0 bridgehead atoms. The molecule has 102 valence electrons. The zero-order chi connectivity index (χ0) is 13.6. The molecular formula is C13H22N2O2S. The van der Waals surface area contributed by atoms with Crippen LogP contribution in [0.4, 0.5) is 0 Å². The fourth-order valence-corrected chi connectivity index (χ4v) is 3.53. The van der Waals surface area contributed by atoms with Crippen LogP contribution in [0.15, 0.2) is 29.2 Å². The second-order valence-electron chi connectivity index (χ2n) is 4.31. The van der Waals surface area contributed by atoms with Gasteiger partial charge >= 0.3 is 0 Å². The molecule has 0 aliphatic rings. The van der Waals surface area contributed by atoms with Gasteiger partial charge in [0.1, 0.15) is 0 Å². The molecule has 0 atom stereocenters. The van der Waals surface area contributed by atoms with E-state index in [2.05, 4.69) is 0 Å². The third-order valence-corrected chi connectivity index (χ3v) is 4.91. The van der Waals surface area contributed by atoms with Crippen molar-refractivity contribution in [1.82, 2.24) is 4.31 Å². The Morgan fingerprint density at radius 1 is 1.22 bits per heavy atom. The largest absolute Gasteiger partial charge is 0.329 e. The van der Waals surface area contributed by atoms with Gasteiger partial charge in [-0.2, -0.15) is 4.31 Å². The van der Waals surface area contributed by atoms with Crippen molar-refractivity contribution >= 4 is 10.0 Å². The number of benzene rings is 1. The molecule has 1 aromatic carbocycles. The van der Waals surface area contributed by atoms with Crippen LogP contribution >= 0.6 is 0 Å². The maximum atomic E-state index is 12.5. The predicted molar refractivity (Wildman–Crippen MR) is 73.9 cm³/mol. The Morgan fingerprint density at radius 2 is 1.89 bits per heavy atom. The quantitative estimate of drug-likeness (QED) is 0.821. The summed E-state index contributed by atoms with van der Waals surface area (Å²) in [5, 5.41) is 0. The zero-order valence-electron chi connectivity index (χ0n) is 11.1. The van der Waals surface area contributed by atoms with Crippen LogP contribution in [0.3, 0.4) is 0 Å². The van der Waals surface area contributed by atoms with Gasteiger partial charge in [-0.1, -0.05) is 31.5 Å². The number of hydrogen-bond acceptors (Lipinski definition) is 3. The van der Waals surface area contributed by atoms with Crippen molar-refractivity contribution in [2.75, 3.05) is 19.6 Å². The highest BCUT2D eigenvalue weighted by atomic mass is 32.2. The number of aryl methyl sites for hydroxylation is 1. The van der Waals surface area contributed by atoms with Crippen LogP contribution in [-0.2, 0) is 10.0 Å². The molecule has 0 amide bonds. The fraction of sp³-hybridized carbons (Fsp3) is 0.538. The molecule has 4 nitrogen and oxygen atoms in total. The summed E-state index contributed by atoms with van der Waals surface area (Å²) < 4.78 is 26.5. The normalized spacial score (nSPS) is 12.0. The molecule has 0 saturated heterocycles. The first-order chi connectivity index (χ1) is 8.54. The minimum Gasteiger partial charge on any atom is -0.329 e. The number of sulfonamides is 1. The topological polar surface area (TPSA) is 63.4 Å². The standard InChI is InChI=1S/C13H22N2O2S/c1-3-4-10-15(11-9-14)18(16,17)13-8-6-5-7-12(13)2/h5-8H,3-4,9-11,14H2,1-2H3. The molecule has 0 fully saturated rings. The van der Waals surface area contributed by atoms with Gasteiger partial charge in [-0.05, 0) is 25.0 Å². The number of hydrogen-bond donors (Lipinski definition) is 1. The Bertz CT molecular complexity index is 472. The van der Waals surface area contributed by atoms with Gasteiger partial charge in [-0.15, -0.1) is 0 Å². The minimum absolute atomic E-state index is 0.342. The lowest BCUT2D eigenvalue weighted by Crippen LogP contribution is -2.36. The van der Waals surface area contributed by atoms with Crippen molar-refractivity contribution in [3.63, 3.8) is 0 Å². The van der Waals surface area contributed by atoms with Gasteiger partial charge in [0.15, 0.2) is 0 Å². The monoisotopic (exact) mass is 270 g/mol. The van der Waals surface area contributed by atoms with E-state index < -0.39 is 10.0 Å². The summed E-state index contributed by atoms with van der Waals surface area (Å²) in [5.41, 5.74) is 6.28.